The lowest BCUT2D eigenvalue weighted by atomic mass is 10.2. The Morgan fingerprint density at radius 1 is 1.00 bits per heavy atom. The number of carbonyl (C=O) groups excluding carboxylic acids is 2. The largest absolute Gasteiger partial charge is 0.458 e. The standard InChI is InChI=1S/C24H30N4O3/c1-18(2)31-24(30)22-15-21-20(9-10-25(21)3)28(22)17-23(29)27-13-11-26(12-14-27)16-19-7-5-4-6-8-19/h4-10,15,18H,11-14,16-17H2,1-3H3. The van der Waals surface area contributed by atoms with Crippen LogP contribution in [0.25, 0.3) is 11.0 Å². The number of piperazine rings is 1. The first-order chi connectivity index (χ1) is 14.9. The number of fused-ring (bicyclic) bond motifs is 1. The zero-order valence-corrected chi connectivity index (χ0v) is 18.5. The van der Waals surface area contributed by atoms with Crippen molar-refractivity contribution in [3.8, 4) is 0 Å². The van der Waals surface area contributed by atoms with Crippen LogP contribution in [0, 0.1) is 0 Å². The second-order valence-corrected chi connectivity index (χ2v) is 8.41. The Morgan fingerprint density at radius 2 is 1.71 bits per heavy atom. The molecule has 0 atom stereocenters. The number of esters is 1. The van der Waals surface area contributed by atoms with Crippen molar-refractivity contribution in [1.29, 1.82) is 0 Å². The summed E-state index contributed by atoms with van der Waals surface area (Å²) in [5.41, 5.74) is 3.49. The average molecular weight is 423 g/mol. The topological polar surface area (TPSA) is 59.7 Å². The second-order valence-electron chi connectivity index (χ2n) is 8.41. The van der Waals surface area contributed by atoms with Gasteiger partial charge < -0.3 is 18.8 Å². The molecule has 0 radical (unpaired) electrons. The average Bonchev–Trinajstić information content (AvgIpc) is 3.29. The van der Waals surface area contributed by atoms with E-state index < -0.39 is 5.97 Å². The van der Waals surface area contributed by atoms with E-state index in [0.717, 1.165) is 30.7 Å². The number of amides is 1. The van der Waals surface area contributed by atoms with E-state index in [9.17, 15) is 9.59 Å². The third kappa shape index (κ3) is 4.66. The Hall–Kier alpha value is -3.06. The Balaban J connectivity index is 1.44. The number of carbonyl (C=O) groups is 2. The number of aromatic nitrogens is 2. The maximum Gasteiger partial charge on any atom is 0.355 e. The number of ether oxygens (including phenoxy) is 1. The van der Waals surface area contributed by atoms with Gasteiger partial charge in [-0.2, -0.15) is 0 Å². The predicted octanol–water partition coefficient (Wildman–Crippen LogP) is 2.89. The van der Waals surface area contributed by atoms with Crippen molar-refractivity contribution in [2.24, 2.45) is 7.05 Å². The molecule has 1 fully saturated rings. The van der Waals surface area contributed by atoms with Gasteiger partial charge in [-0.3, -0.25) is 9.69 Å². The van der Waals surface area contributed by atoms with Crippen LogP contribution in [0.1, 0.15) is 29.9 Å². The minimum Gasteiger partial charge on any atom is -0.458 e. The monoisotopic (exact) mass is 422 g/mol. The molecule has 1 aliphatic rings. The van der Waals surface area contributed by atoms with Crippen LogP contribution in [0.5, 0.6) is 0 Å². The van der Waals surface area contributed by atoms with Gasteiger partial charge in [0.25, 0.3) is 0 Å². The second kappa shape index (κ2) is 8.98. The van der Waals surface area contributed by atoms with E-state index in [0.29, 0.717) is 18.8 Å². The molecule has 1 saturated heterocycles. The molecule has 0 N–H and O–H groups in total. The van der Waals surface area contributed by atoms with Gasteiger partial charge in [-0.05, 0) is 31.5 Å². The molecule has 7 heteroatoms. The van der Waals surface area contributed by atoms with Crippen LogP contribution in [-0.2, 0) is 29.7 Å². The van der Waals surface area contributed by atoms with E-state index >= 15 is 0 Å². The van der Waals surface area contributed by atoms with Gasteiger partial charge in [0.15, 0.2) is 0 Å². The zero-order valence-electron chi connectivity index (χ0n) is 18.5. The molecule has 7 nitrogen and oxygen atoms in total. The Kier molecular flexibility index (Phi) is 6.13. The van der Waals surface area contributed by atoms with E-state index in [1.807, 2.05) is 54.8 Å². The number of benzene rings is 1. The van der Waals surface area contributed by atoms with Crippen molar-refractivity contribution in [2.75, 3.05) is 26.2 Å². The number of nitrogens with zero attached hydrogens (tertiary/aromatic N) is 4. The first kappa shape index (κ1) is 21.2. The maximum atomic E-state index is 13.1. The summed E-state index contributed by atoms with van der Waals surface area (Å²) in [6.07, 6.45) is 1.72. The summed E-state index contributed by atoms with van der Waals surface area (Å²) in [4.78, 5) is 30.0. The molecule has 0 bridgehead atoms. The highest BCUT2D eigenvalue weighted by Crippen LogP contribution is 2.22. The van der Waals surface area contributed by atoms with Gasteiger partial charge in [0, 0.05) is 46.0 Å². The summed E-state index contributed by atoms with van der Waals surface area (Å²) in [7, 11) is 1.93. The third-order valence-corrected chi connectivity index (χ3v) is 5.77. The highest BCUT2D eigenvalue weighted by molar-refractivity contribution is 5.96. The molecule has 0 spiro atoms. The summed E-state index contributed by atoms with van der Waals surface area (Å²) in [6.45, 7) is 7.75. The van der Waals surface area contributed by atoms with E-state index in [1.54, 1.807) is 4.57 Å². The highest BCUT2D eigenvalue weighted by Gasteiger charge is 2.25. The van der Waals surface area contributed by atoms with Crippen molar-refractivity contribution in [3.05, 3.63) is 59.9 Å². The van der Waals surface area contributed by atoms with Crippen molar-refractivity contribution in [3.63, 3.8) is 0 Å². The van der Waals surface area contributed by atoms with Crippen LogP contribution in [0.4, 0.5) is 0 Å². The van der Waals surface area contributed by atoms with Gasteiger partial charge in [-0.1, -0.05) is 30.3 Å². The fourth-order valence-corrected chi connectivity index (χ4v) is 4.12. The fraction of sp³-hybridized carbons (Fsp3) is 0.417. The smallest absolute Gasteiger partial charge is 0.355 e. The third-order valence-electron chi connectivity index (χ3n) is 5.77. The Labute approximate surface area is 182 Å². The van der Waals surface area contributed by atoms with E-state index in [2.05, 4.69) is 29.2 Å². The van der Waals surface area contributed by atoms with Crippen LogP contribution < -0.4 is 0 Å². The molecule has 1 amide bonds. The number of hydrogen-bond acceptors (Lipinski definition) is 4. The van der Waals surface area contributed by atoms with E-state index in [4.69, 9.17) is 4.74 Å². The fourth-order valence-electron chi connectivity index (χ4n) is 4.12. The minimum absolute atomic E-state index is 0.0271. The summed E-state index contributed by atoms with van der Waals surface area (Å²) in [5, 5.41) is 0. The minimum atomic E-state index is -0.397. The Bertz CT molecular complexity index is 1060. The summed E-state index contributed by atoms with van der Waals surface area (Å²) < 4.78 is 9.15. The molecule has 0 saturated carbocycles. The Morgan fingerprint density at radius 3 is 2.39 bits per heavy atom. The zero-order chi connectivity index (χ0) is 22.0. The molecular formula is C24H30N4O3. The summed E-state index contributed by atoms with van der Waals surface area (Å²) >= 11 is 0. The van der Waals surface area contributed by atoms with Crippen molar-refractivity contribution < 1.29 is 14.3 Å². The summed E-state index contributed by atoms with van der Waals surface area (Å²) in [5.74, 6) is -0.369. The van der Waals surface area contributed by atoms with Gasteiger partial charge in [-0.15, -0.1) is 0 Å². The molecule has 2 aromatic heterocycles. The molecular weight excluding hydrogens is 392 g/mol. The van der Waals surface area contributed by atoms with E-state index in [-0.39, 0.29) is 18.6 Å². The molecule has 3 aromatic rings. The molecule has 0 unspecified atom stereocenters. The lowest BCUT2D eigenvalue weighted by molar-refractivity contribution is -0.133. The molecule has 3 heterocycles. The van der Waals surface area contributed by atoms with Crippen molar-refractivity contribution in [1.82, 2.24) is 18.9 Å². The molecule has 4 rings (SSSR count). The van der Waals surface area contributed by atoms with Crippen molar-refractivity contribution >= 4 is 22.9 Å². The first-order valence-electron chi connectivity index (χ1n) is 10.8. The first-order valence-corrected chi connectivity index (χ1v) is 10.8. The van der Waals surface area contributed by atoms with Crippen LogP contribution >= 0.6 is 0 Å². The molecule has 164 valence electrons. The van der Waals surface area contributed by atoms with Gasteiger partial charge in [0.2, 0.25) is 5.91 Å². The molecule has 1 aromatic carbocycles. The molecule has 31 heavy (non-hydrogen) atoms. The van der Waals surface area contributed by atoms with Crippen LogP contribution in [-0.4, -0.2) is 63.1 Å². The van der Waals surface area contributed by atoms with Gasteiger partial charge in [0.1, 0.15) is 12.2 Å². The number of hydrogen-bond donors (Lipinski definition) is 0. The van der Waals surface area contributed by atoms with Crippen LogP contribution in [0.3, 0.4) is 0 Å². The van der Waals surface area contributed by atoms with Gasteiger partial charge in [-0.25, -0.2) is 4.79 Å². The number of rotatable bonds is 6. The van der Waals surface area contributed by atoms with Crippen molar-refractivity contribution in [2.45, 2.75) is 33.0 Å². The highest BCUT2D eigenvalue weighted by atomic mass is 16.5. The maximum absolute atomic E-state index is 13.1. The van der Waals surface area contributed by atoms with Crippen LogP contribution in [0.2, 0.25) is 0 Å². The lowest BCUT2D eigenvalue weighted by Crippen LogP contribution is -2.49. The number of aryl methyl sites for hydroxylation is 1. The molecule has 0 aliphatic carbocycles. The van der Waals surface area contributed by atoms with Gasteiger partial charge >= 0.3 is 5.97 Å². The SMILES string of the molecule is CC(C)OC(=O)c1cc2c(ccn2C)n1CC(=O)N1CCN(Cc2ccccc2)CC1. The lowest BCUT2D eigenvalue weighted by Gasteiger charge is -2.35. The normalized spacial score (nSPS) is 15.0. The summed E-state index contributed by atoms with van der Waals surface area (Å²) in [6, 6.07) is 14.1. The quantitative estimate of drug-likeness (QED) is 0.573. The predicted molar refractivity (Wildman–Crippen MR) is 120 cm³/mol. The van der Waals surface area contributed by atoms with E-state index in [1.165, 1.54) is 5.56 Å². The molecule has 1 aliphatic heterocycles. The van der Waals surface area contributed by atoms with Crippen LogP contribution in [0.15, 0.2) is 48.7 Å². The van der Waals surface area contributed by atoms with Gasteiger partial charge in [0.05, 0.1) is 17.1 Å².